The van der Waals surface area contributed by atoms with Crippen LogP contribution in [0.4, 0.5) is 0 Å². The number of nitrogens with zero attached hydrogens (tertiary/aromatic N) is 2. The van der Waals surface area contributed by atoms with E-state index in [9.17, 15) is 0 Å². The van der Waals surface area contributed by atoms with Gasteiger partial charge in [0.15, 0.2) is 5.82 Å². The van der Waals surface area contributed by atoms with Gasteiger partial charge in [0.2, 0.25) is 0 Å². The molecular formula is C59H38N2O. The molecule has 2 heterocycles. The highest BCUT2D eigenvalue weighted by Crippen LogP contribution is 2.56. The van der Waals surface area contributed by atoms with Crippen molar-refractivity contribution in [2.45, 2.75) is 5.41 Å². The summed E-state index contributed by atoms with van der Waals surface area (Å²) < 4.78 is 6.08. The second-order valence-corrected chi connectivity index (χ2v) is 16.1. The lowest BCUT2D eigenvalue weighted by atomic mass is 9.67. The first-order valence-corrected chi connectivity index (χ1v) is 21.1. The van der Waals surface area contributed by atoms with Crippen LogP contribution in [0.15, 0.2) is 235 Å². The lowest BCUT2D eigenvalue weighted by molar-refractivity contribution is 0.669. The lowest BCUT2D eigenvalue weighted by Crippen LogP contribution is -2.28. The first-order valence-electron chi connectivity index (χ1n) is 21.1. The van der Waals surface area contributed by atoms with Gasteiger partial charge in [-0.25, -0.2) is 9.97 Å². The number of benzene rings is 9. The Hall–Kier alpha value is -8.14. The third-order valence-corrected chi connectivity index (χ3v) is 12.6. The molecule has 0 fully saturated rings. The number of rotatable bonds is 7. The summed E-state index contributed by atoms with van der Waals surface area (Å²) in [6.45, 7) is 0. The third kappa shape index (κ3) is 5.82. The van der Waals surface area contributed by atoms with Gasteiger partial charge in [0, 0.05) is 27.5 Å². The van der Waals surface area contributed by atoms with Crippen molar-refractivity contribution >= 4 is 21.9 Å². The molecule has 0 atom stereocenters. The molecule has 0 amide bonds. The van der Waals surface area contributed by atoms with E-state index in [1.165, 1.54) is 44.5 Å². The van der Waals surface area contributed by atoms with Gasteiger partial charge < -0.3 is 4.42 Å². The van der Waals surface area contributed by atoms with Gasteiger partial charge in [-0.3, -0.25) is 0 Å². The molecule has 1 aliphatic rings. The van der Waals surface area contributed by atoms with Gasteiger partial charge in [0.1, 0.15) is 11.2 Å². The molecule has 3 nitrogen and oxygen atoms in total. The zero-order chi connectivity index (χ0) is 41.0. The molecule has 12 rings (SSSR count). The summed E-state index contributed by atoms with van der Waals surface area (Å²) in [7, 11) is 0. The van der Waals surface area contributed by atoms with Crippen LogP contribution in [0.5, 0.6) is 0 Å². The average Bonchev–Trinajstić information content (AvgIpc) is 3.88. The second kappa shape index (κ2) is 14.5. The van der Waals surface area contributed by atoms with Crippen LogP contribution < -0.4 is 0 Å². The Balaban J connectivity index is 0.934. The summed E-state index contributed by atoms with van der Waals surface area (Å²) in [5.41, 5.74) is 18.3. The Bertz CT molecular complexity index is 3390. The van der Waals surface area contributed by atoms with E-state index in [4.69, 9.17) is 14.4 Å². The van der Waals surface area contributed by atoms with Crippen molar-refractivity contribution in [2.75, 3.05) is 0 Å². The SMILES string of the molecule is c1ccc(-c2nc(-c3ccc(-c4ccc(-c5ccc6oc7ccccc7c6c5)cc4)cc3)cc(-c3ccc4c(c3)C(c3ccccc3)(c3ccccc3)c3ccccc3-4)n2)cc1. The minimum Gasteiger partial charge on any atom is -0.456 e. The van der Waals surface area contributed by atoms with Crippen molar-refractivity contribution in [3.63, 3.8) is 0 Å². The maximum absolute atomic E-state index is 6.08. The smallest absolute Gasteiger partial charge is 0.160 e. The van der Waals surface area contributed by atoms with Gasteiger partial charge in [-0.15, -0.1) is 0 Å². The van der Waals surface area contributed by atoms with Gasteiger partial charge in [0.25, 0.3) is 0 Å². The monoisotopic (exact) mass is 790 g/mol. The van der Waals surface area contributed by atoms with E-state index in [-0.39, 0.29) is 0 Å². The molecule has 62 heavy (non-hydrogen) atoms. The van der Waals surface area contributed by atoms with Crippen molar-refractivity contribution in [1.29, 1.82) is 0 Å². The van der Waals surface area contributed by atoms with Gasteiger partial charge in [-0.1, -0.05) is 200 Å². The summed E-state index contributed by atoms with van der Waals surface area (Å²) in [6, 6.07) is 82.3. The van der Waals surface area contributed by atoms with E-state index in [0.29, 0.717) is 5.82 Å². The minimum atomic E-state index is -0.501. The van der Waals surface area contributed by atoms with Gasteiger partial charge in [-0.05, 0) is 86.0 Å². The van der Waals surface area contributed by atoms with Crippen LogP contribution in [0.3, 0.4) is 0 Å². The summed E-state index contributed by atoms with van der Waals surface area (Å²) in [6.07, 6.45) is 0. The molecule has 9 aromatic carbocycles. The quantitative estimate of drug-likeness (QED) is 0.161. The van der Waals surface area contributed by atoms with Crippen LogP contribution in [0.1, 0.15) is 22.3 Å². The van der Waals surface area contributed by atoms with Crippen LogP contribution in [-0.4, -0.2) is 9.97 Å². The standard InChI is InChI=1S/C59H38N2O/c1-4-14-43(15-5-1)58-60-54(42-30-28-40(29-31-42)39-24-26-41(27-25-39)44-33-35-57-51(36-44)50-21-11-13-23-56(50)62-57)38-55(61-58)45-32-34-49-48-20-10-12-22-52(48)59(53(49)37-45,46-16-6-2-7-17-46)47-18-8-3-9-19-47/h1-38H. The molecule has 0 spiro atoms. The maximum Gasteiger partial charge on any atom is 0.160 e. The molecule has 0 radical (unpaired) electrons. The van der Waals surface area contributed by atoms with Crippen LogP contribution >= 0.6 is 0 Å². The van der Waals surface area contributed by atoms with E-state index in [2.05, 4.69) is 200 Å². The summed E-state index contributed by atoms with van der Waals surface area (Å²) in [5.74, 6) is 0.695. The normalized spacial score (nSPS) is 12.6. The first kappa shape index (κ1) is 35.8. The number of aromatic nitrogens is 2. The Morgan fingerprint density at radius 1 is 0.306 bits per heavy atom. The third-order valence-electron chi connectivity index (χ3n) is 12.6. The topological polar surface area (TPSA) is 38.9 Å². The van der Waals surface area contributed by atoms with Gasteiger partial charge in [0.05, 0.1) is 16.8 Å². The molecule has 0 unspecified atom stereocenters. The zero-order valence-corrected chi connectivity index (χ0v) is 33.7. The zero-order valence-electron chi connectivity index (χ0n) is 33.7. The molecular weight excluding hydrogens is 753 g/mol. The van der Waals surface area contributed by atoms with Crippen LogP contribution in [0, 0.1) is 0 Å². The fraction of sp³-hybridized carbons (Fsp3) is 0.0169. The number of hydrogen-bond acceptors (Lipinski definition) is 3. The average molecular weight is 791 g/mol. The largest absolute Gasteiger partial charge is 0.456 e. The molecule has 3 heteroatoms. The highest BCUT2D eigenvalue weighted by molar-refractivity contribution is 6.06. The van der Waals surface area contributed by atoms with Crippen LogP contribution in [0.25, 0.3) is 89.2 Å². The maximum atomic E-state index is 6.08. The molecule has 1 aliphatic carbocycles. The Labute approximate surface area is 360 Å². The van der Waals surface area contributed by atoms with Crippen LogP contribution in [-0.2, 0) is 5.41 Å². The van der Waals surface area contributed by atoms with Crippen molar-refractivity contribution in [2.24, 2.45) is 0 Å². The highest BCUT2D eigenvalue weighted by atomic mass is 16.3. The molecule has 0 N–H and O–H groups in total. The Morgan fingerprint density at radius 2 is 0.806 bits per heavy atom. The van der Waals surface area contributed by atoms with Crippen molar-refractivity contribution in [3.05, 3.63) is 253 Å². The molecule has 2 aromatic heterocycles. The predicted octanol–water partition coefficient (Wildman–Crippen LogP) is 15.1. The van der Waals surface area contributed by atoms with Crippen LogP contribution in [0.2, 0.25) is 0 Å². The van der Waals surface area contributed by atoms with Crippen molar-refractivity contribution in [3.8, 4) is 67.3 Å². The molecule has 290 valence electrons. The van der Waals surface area contributed by atoms with Gasteiger partial charge in [-0.2, -0.15) is 0 Å². The lowest BCUT2D eigenvalue weighted by Gasteiger charge is -2.34. The summed E-state index contributed by atoms with van der Waals surface area (Å²) in [4.78, 5) is 10.5. The molecule has 11 aromatic rings. The van der Waals surface area contributed by atoms with Gasteiger partial charge >= 0.3 is 0 Å². The molecule has 0 bridgehead atoms. The fourth-order valence-electron chi connectivity index (χ4n) is 9.66. The second-order valence-electron chi connectivity index (χ2n) is 16.1. The molecule has 0 saturated carbocycles. The summed E-state index contributed by atoms with van der Waals surface area (Å²) >= 11 is 0. The molecule has 0 saturated heterocycles. The fourth-order valence-corrected chi connectivity index (χ4v) is 9.66. The summed E-state index contributed by atoms with van der Waals surface area (Å²) in [5, 5.41) is 2.27. The first-order chi connectivity index (χ1) is 30.7. The molecule has 0 aliphatic heterocycles. The number of furan rings is 1. The highest BCUT2D eigenvalue weighted by Gasteiger charge is 2.46. The van der Waals surface area contributed by atoms with E-state index in [1.807, 2.05) is 30.3 Å². The minimum absolute atomic E-state index is 0.501. The van der Waals surface area contributed by atoms with Crippen molar-refractivity contribution < 1.29 is 4.42 Å². The number of para-hydroxylation sites is 1. The predicted molar refractivity (Wildman–Crippen MR) is 254 cm³/mol. The number of hydrogen-bond donors (Lipinski definition) is 0. The Morgan fingerprint density at radius 3 is 1.50 bits per heavy atom. The number of fused-ring (bicyclic) bond motifs is 6. The van der Waals surface area contributed by atoms with E-state index < -0.39 is 5.41 Å². The Kier molecular flexibility index (Phi) is 8.39. The van der Waals surface area contributed by atoms with E-state index in [1.54, 1.807) is 0 Å². The van der Waals surface area contributed by atoms with E-state index >= 15 is 0 Å². The van der Waals surface area contributed by atoms with Crippen molar-refractivity contribution in [1.82, 2.24) is 9.97 Å². The van der Waals surface area contributed by atoms with E-state index in [0.717, 1.165) is 61.1 Å².